The number of morpholine rings is 1. The van der Waals surface area contributed by atoms with E-state index in [1.54, 1.807) is 12.3 Å². The fourth-order valence-electron chi connectivity index (χ4n) is 3.49. The van der Waals surface area contributed by atoms with E-state index in [9.17, 15) is 4.79 Å². The van der Waals surface area contributed by atoms with Gasteiger partial charge >= 0.3 is 0 Å². The first-order chi connectivity index (χ1) is 11.7. The standard InChI is InChI=1S/C17H21N5O2/c1-11-8-22-9-12(6-13(22)10-24-11)19-17(23)16-7-15(20-21-16)14-4-2-3-5-18-14/h2-5,7,11-13H,6,8-10H2,1H3,(H,19,23)(H,20,21)/t11-,12-,13-/m0/s1. The molecule has 0 aromatic carbocycles. The van der Waals surface area contributed by atoms with Crippen molar-refractivity contribution in [3.8, 4) is 11.4 Å². The lowest BCUT2D eigenvalue weighted by Crippen LogP contribution is -2.45. The number of pyridine rings is 1. The molecule has 2 saturated heterocycles. The highest BCUT2D eigenvalue weighted by Gasteiger charge is 2.36. The maximum Gasteiger partial charge on any atom is 0.269 e. The van der Waals surface area contributed by atoms with Crippen LogP contribution < -0.4 is 5.32 Å². The lowest BCUT2D eigenvalue weighted by Gasteiger charge is -2.33. The summed E-state index contributed by atoms with van der Waals surface area (Å²) in [5.74, 6) is -0.122. The molecule has 7 nitrogen and oxygen atoms in total. The first kappa shape index (κ1) is 15.3. The Hall–Kier alpha value is -2.25. The normalized spacial score (nSPS) is 27.0. The Morgan fingerprint density at radius 3 is 3.12 bits per heavy atom. The molecule has 0 saturated carbocycles. The number of fused-ring (bicyclic) bond motifs is 1. The molecule has 0 bridgehead atoms. The van der Waals surface area contributed by atoms with Crippen molar-refractivity contribution in [1.82, 2.24) is 25.4 Å². The van der Waals surface area contributed by atoms with Crippen LogP contribution in [0, 0.1) is 0 Å². The summed E-state index contributed by atoms with van der Waals surface area (Å²) in [6.07, 6.45) is 2.91. The summed E-state index contributed by atoms with van der Waals surface area (Å²) >= 11 is 0. The van der Waals surface area contributed by atoms with Gasteiger partial charge in [-0.1, -0.05) is 6.07 Å². The van der Waals surface area contributed by atoms with Gasteiger partial charge < -0.3 is 10.1 Å². The highest BCUT2D eigenvalue weighted by molar-refractivity contribution is 5.93. The molecule has 2 aromatic rings. The molecule has 1 amide bonds. The van der Waals surface area contributed by atoms with Crippen molar-refractivity contribution >= 4 is 5.91 Å². The van der Waals surface area contributed by atoms with Gasteiger partial charge in [-0.15, -0.1) is 0 Å². The van der Waals surface area contributed by atoms with E-state index in [1.807, 2.05) is 18.2 Å². The molecule has 2 fully saturated rings. The number of H-pyrrole nitrogens is 1. The first-order valence-electron chi connectivity index (χ1n) is 8.32. The first-order valence-corrected chi connectivity index (χ1v) is 8.32. The average Bonchev–Trinajstić information content (AvgIpc) is 3.22. The summed E-state index contributed by atoms with van der Waals surface area (Å²) in [6.45, 7) is 4.66. The minimum Gasteiger partial charge on any atom is -0.376 e. The summed E-state index contributed by atoms with van der Waals surface area (Å²) in [4.78, 5) is 19.1. The molecule has 2 N–H and O–H groups in total. The van der Waals surface area contributed by atoms with Gasteiger partial charge in [-0.2, -0.15) is 5.10 Å². The number of nitrogens with one attached hydrogen (secondary N) is 2. The minimum absolute atomic E-state index is 0.122. The molecule has 0 unspecified atom stereocenters. The number of rotatable bonds is 3. The number of amides is 1. The predicted octanol–water partition coefficient (Wildman–Crippen LogP) is 1.06. The number of hydrogen-bond acceptors (Lipinski definition) is 5. The molecule has 4 heterocycles. The second kappa shape index (κ2) is 6.33. The van der Waals surface area contributed by atoms with Crippen LogP contribution in [0.2, 0.25) is 0 Å². The molecular formula is C17H21N5O2. The van der Waals surface area contributed by atoms with Gasteiger partial charge in [0.1, 0.15) is 11.4 Å². The molecule has 0 radical (unpaired) electrons. The number of nitrogens with zero attached hydrogens (tertiary/aromatic N) is 3. The third kappa shape index (κ3) is 3.05. The van der Waals surface area contributed by atoms with Crippen LogP contribution in [0.4, 0.5) is 0 Å². The van der Waals surface area contributed by atoms with Crippen LogP contribution >= 0.6 is 0 Å². The Kier molecular flexibility index (Phi) is 4.03. The molecule has 0 spiro atoms. The fourth-order valence-corrected chi connectivity index (χ4v) is 3.49. The van der Waals surface area contributed by atoms with Crippen molar-refractivity contribution in [2.75, 3.05) is 19.7 Å². The van der Waals surface area contributed by atoms with Crippen LogP contribution in [-0.4, -0.2) is 63.9 Å². The van der Waals surface area contributed by atoms with Crippen molar-refractivity contribution in [2.24, 2.45) is 0 Å². The van der Waals surface area contributed by atoms with Crippen LogP contribution in [0.3, 0.4) is 0 Å². The van der Waals surface area contributed by atoms with Crippen LogP contribution in [0.25, 0.3) is 11.4 Å². The maximum absolute atomic E-state index is 12.5. The Morgan fingerprint density at radius 2 is 2.29 bits per heavy atom. The second-order valence-corrected chi connectivity index (χ2v) is 6.54. The lowest BCUT2D eigenvalue weighted by molar-refractivity contribution is -0.0390. The smallest absolute Gasteiger partial charge is 0.269 e. The van der Waals surface area contributed by atoms with Crippen LogP contribution in [0.15, 0.2) is 30.5 Å². The zero-order chi connectivity index (χ0) is 16.5. The van der Waals surface area contributed by atoms with Gasteiger partial charge in [-0.3, -0.25) is 19.8 Å². The Morgan fingerprint density at radius 1 is 1.38 bits per heavy atom. The number of carbonyl (C=O) groups excluding carboxylic acids is 1. The summed E-state index contributed by atoms with van der Waals surface area (Å²) in [5.41, 5.74) is 1.88. The van der Waals surface area contributed by atoms with Crippen molar-refractivity contribution in [3.05, 3.63) is 36.2 Å². The third-order valence-electron chi connectivity index (χ3n) is 4.68. The van der Waals surface area contributed by atoms with Gasteiger partial charge in [0.15, 0.2) is 0 Å². The molecule has 2 aliphatic rings. The summed E-state index contributed by atoms with van der Waals surface area (Å²) < 4.78 is 5.70. The van der Waals surface area contributed by atoms with Crippen LogP contribution in [0.1, 0.15) is 23.8 Å². The number of hydrogen-bond donors (Lipinski definition) is 2. The molecule has 3 atom stereocenters. The summed E-state index contributed by atoms with van der Waals surface area (Å²) in [5, 5.41) is 10.1. The average molecular weight is 327 g/mol. The zero-order valence-corrected chi connectivity index (χ0v) is 13.6. The number of carbonyl (C=O) groups is 1. The van der Waals surface area contributed by atoms with Crippen molar-refractivity contribution in [3.63, 3.8) is 0 Å². The Labute approximate surface area is 140 Å². The maximum atomic E-state index is 12.5. The van der Waals surface area contributed by atoms with Gasteiger partial charge in [-0.05, 0) is 31.5 Å². The molecular weight excluding hydrogens is 306 g/mol. The van der Waals surface area contributed by atoms with Gasteiger partial charge in [0, 0.05) is 31.4 Å². The molecule has 126 valence electrons. The summed E-state index contributed by atoms with van der Waals surface area (Å²) in [7, 11) is 0. The van der Waals surface area contributed by atoms with Crippen molar-refractivity contribution in [1.29, 1.82) is 0 Å². The van der Waals surface area contributed by atoms with Crippen LogP contribution in [-0.2, 0) is 4.74 Å². The van der Waals surface area contributed by atoms with E-state index in [-0.39, 0.29) is 18.1 Å². The second-order valence-electron chi connectivity index (χ2n) is 6.54. The van der Waals surface area contributed by atoms with E-state index in [2.05, 4.69) is 32.3 Å². The molecule has 2 aliphatic heterocycles. The molecule has 0 aliphatic carbocycles. The topological polar surface area (TPSA) is 83.1 Å². The van der Waals surface area contributed by atoms with E-state index in [4.69, 9.17) is 4.74 Å². The number of aromatic amines is 1. The van der Waals surface area contributed by atoms with Gasteiger partial charge in [-0.25, -0.2) is 0 Å². The lowest BCUT2D eigenvalue weighted by atomic mass is 10.1. The van der Waals surface area contributed by atoms with Gasteiger partial charge in [0.25, 0.3) is 5.91 Å². The van der Waals surface area contributed by atoms with E-state index in [0.29, 0.717) is 17.4 Å². The predicted molar refractivity (Wildman–Crippen MR) is 88.5 cm³/mol. The highest BCUT2D eigenvalue weighted by atomic mass is 16.5. The number of ether oxygens (including phenoxy) is 1. The molecule has 4 rings (SSSR count). The van der Waals surface area contributed by atoms with Gasteiger partial charge in [0.2, 0.25) is 0 Å². The monoisotopic (exact) mass is 327 g/mol. The molecule has 24 heavy (non-hydrogen) atoms. The van der Waals surface area contributed by atoms with E-state index in [0.717, 1.165) is 31.8 Å². The fraction of sp³-hybridized carbons (Fsp3) is 0.471. The Balaban J connectivity index is 1.40. The molecule has 2 aromatic heterocycles. The minimum atomic E-state index is -0.122. The van der Waals surface area contributed by atoms with E-state index < -0.39 is 0 Å². The summed E-state index contributed by atoms with van der Waals surface area (Å²) in [6, 6.07) is 7.92. The third-order valence-corrected chi connectivity index (χ3v) is 4.68. The SMILES string of the molecule is C[C@H]1CN2C[C@@H](NC(=O)c3cc(-c4ccccn4)n[nH]3)C[C@H]2CO1. The van der Waals surface area contributed by atoms with Gasteiger partial charge in [0.05, 0.1) is 18.4 Å². The van der Waals surface area contributed by atoms with E-state index >= 15 is 0 Å². The van der Waals surface area contributed by atoms with E-state index in [1.165, 1.54) is 0 Å². The highest BCUT2D eigenvalue weighted by Crippen LogP contribution is 2.23. The van der Waals surface area contributed by atoms with Crippen LogP contribution in [0.5, 0.6) is 0 Å². The zero-order valence-electron chi connectivity index (χ0n) is 13.6. The molecule has 7 heteroatoms. The number of aromatic nitrogens is 3. The largest absolute Gasteiger partial charge is 0.376 e. The Bertz CT molecular complexity index is 717. The van der Waals surface area contributed by atoms with Crippen molar-refractivity contribution in [2.45, 2.75) is 31.5 Å². The quantitative estimate of drug-likeness (QED) is 0.881. The van der Waals surface area contributed by atoms with Crippen molar-refractivity contribution < 1.29 is 9.53 Å².